The van der Waals surface area contributed by atoms with E-state index in [1.807, 2.05) is 24.3 Å². The second-order valence-corrected chi connectivity index (χ2v) is 6.41. The van der Waals surface area contributed by atoms with Gasteiger partial charge in [-0.05, 0) is 23.6 Å². The zero-order valence-electron chi connectivity index (χ0n) is 15.0. The molecule has 5 nitrogen and oxygen atoms in total. The van der Waals surface area contributed by atoms with Gasteiger partial charge in [0.15, 0.2) is 0 Å². The standard InChI is InChI=1S/C19H25NO4/c1-12(2)18-16(19(13(3)4)24-20-18)11-23-15-8-6-14(7-9-15)10-17(21)22-5/h6-9,12-13H,10-11H2,1-5H3. The molecule has 0 unspecified atom stereocenters. The van der Waals surface area contributed by atoms with Crippen molar-refractivity contribution in [1.29, 1.82) is 0 Å². The molecule has 0 spiro atoms. The number of benzene rings is 1. The van der Waals surface area contributed by atoms with Crippen molar-refractivity contribution in [2.24, 2.45) is 0 Å². The van der Waals surface area contributed by atoms with E-state index in [9.17, 15) is 4.79 Å². The molecule has 0 N–H and O–H groups in total. The number of aromatic nitrogens is 1. The van der Waals surface area contributed by atoms with Crippen LogP contribution in [0, 0.1) is 0 Å². The first kappa shape index (κ1) is 18.0. The number of hydrogen-bond acceptors (Lipinski definition) is 5. The van der Waals surface area contributed by atoms with Gasteiger partial charge < -0.3 is 14.0 Å². The molecule has 24 heavy (non-hydrogen) atoms. The third kappa shape index (κ3) is 4.37. The van der Waals surface area contributed by atoms with E-state index in [0.29, 0.717) is 6.61 Å². The summed E-state index contributed by atoms with van der Waals surface area (Å²) in [5.74, 6) is 1.90. The van der Waals surface area contributed by atoms with Crippen molar-refractivity contribution < 1.29 is 18.8 Å². The van der Waals surface area contributed by atoms with Gasteiger partial charge in [0.1, 0.15) is 18.1 Å². The molecule has 1 aromatic carbocycles. The van der Waals surface area contributed by atoms with Crippen LogP contribution in [0.4, 0.5) is 0 Å². The van der Waals surface area contributed by atoms with E-state index >= 15 is 0 Å². The van der Waals surface area contributed by atoms with Crippen LogP contribution in [0.1, 0.15) is 62.1 Å². The molecular weight excluding hydrogens is 306 g/mol. The summed E-state index contributed by atoms with van der Waals surface area (Å²) in [6, 6.07) is 7.45. The van der Waals surface area contributed by atoms with Gasteiger partial charge in [-0.3, -0.25) is 4.79 Å². The van der Waals surface area contributed by atoms with Crippen molar-refractivity contribution in [2.75, 3.05) is 7.11 Å². The van der Waals surface area contributed by atoms with E-state index in [2.05, 4.69) is 37.6 Å². The Morgan fingerprint density at radius 1 is 1.12 bits per heavy atom. The summed E-state index contributed by atoms with van der Waals surface area (Å²) in [4.78, 5) is 11.3. The van der Waals surface area contributed by atoms with E-state index in [0.717, 1.165) is 28.3 Å². The van der Waals surface area contributed by atoms with E-state index < -0.39 is 0 Å². The molecule has 5 heteroatoms. The number of carbonyl (C=O) groups is 1. The van der Waals surface area contributed by atoms with Gasteiger partial charge >= 0.3 is 5.97 Å². The first-order valence-electron chi connectivity index (χ1n) is 8.19. The number of ether oxygens (including phenoxy) is 2. The third-order valence-electron chi connectivity index (χ3n) is 3.80. The summed E-state index contributed by atoms with van der Waals surface area (Å²) in [6.07, 6.45) is 0.261. The first-order chi connectivity index (χ1) is 11.4. The minimum Gasteiger partial charge on any atom is -0.489 e. The van der Waals surface area contributed by atoms with Crippen LogP contribution >= 0.6 is 0 Å². The molecule has 0 aliphatic heterocycles. The van der Waals surface area contributed by atoms with Gasteiger partial charge in [0.2, 0.25) is 0 Å². The zero-order chi connectivity index (χ0) is 17.7. The molecule has 0 atom stereocenters. The summed E-state index contributed by atoms with van der Waals surface area (Å²) in [7, 11) is 1.39. The van der Waals surface area contributed by atoms with Crippen LogP contribution in [-0.2, 0) is 22.6 Å². The zero-order valence-corrected chi connectivity index (χ0v) is 15.0. The fourth-order valence-electron chi connectivity index (χ4n) is 2.49. The normalized spacial score (nSPS) is 11.1. The largest absolute Gasteiger partial charge is 0.489 e. The average Bonchev–Trinajstić information content (AvgIpc) is 2.98. The number of rotatable bonds is 7. The minimum absolute atomic E-state index is 0.253. The van der Waals surface area contributed by atoms with Crippen LogP contribution < -0.4 is 4.74 Å². The number of esters is 1. The highest BCUT2D eigenvalue weighted by Gasteiger charge is 2.21. The van der Waals surface area contributed by atoms with Crippen LogP contribution in [0.3, 0.4) is 0 Å². The molecule has 0 amide bonds. The predicted octanol–water partition coefficient (Wildman–Crippen LogP) is 4.22. The Hall–Kier alpha value is -2.30. The summed E-state index contributed by atoms with van der Waals surface area (Å²) in [5.41, 5.74) is 2.87. The van der Waals surface area contributed by atoms with Crippen LogP contribution in [0.2, 0.25) is 0 Å². The number of hydrogen-bond donors (Lipinski definition) is 0. The van der Waals surface area contributed by atoms with Crippen molar-refractivity contribution in [3.63, 3.8) is 0 Å². The summed E-state index contributed by atoms with van der Waals surface area (Å²) in [6.45, 7) is 8.76. The first-order valence-corrected chi connectivity index (χ1v) is 8.19. The lowest BCUT2D eigenvalue weighted by atomic mass is 10.00. The fraction of sp³-hybridized carbons (Fsp3) is 0.474. The SMILES string of the molecule is COC(=O)Cc1ccc(OCc2c(C(C)C)noc2C(C)C)cc1. The van der Waals surface area contributed by atoms with Crippen molar-refractivity contribution in [3.05, 3.63) is 46.8 Å². The van der Waals surface area contributed by atoms with Crippen molar-refractivity contribution in [1.82, 2.24) is 5.16 Å². The van der Waals surface area contributed by atoms with Crippen LogP contribution in [0.25, 0.3) is 0 Å². The molecule has 2 rings (SSSR count). The topological polar surface area (TPSA) is 61.6 Å². The Kier molecular flexibility index (Phi) is 6.01. The van der Waals surface area contributed by atoms with Gasteiger partial charge in [0, 0.05) is 5.92 Å². The third-order valence-corrected chi connectivity index (χ3v) is 3.80. The maximum absolute atomic E-state index is 11.3. The van der Waals surface area contributed by atoms with Gasteiger partial charge in [0.05, 0.1) is 24.8 Å². The molecule has 1 heterocycles. The van der Waals surface area contributed by atoms with Gasteiger partial charge in [-0.15, -0.1) is 0 Å². The van der Waals surface area contributed by atoms with Gasteiger partial charge in [-0.2, -0.15) is 0 Å². The average molecular weight is 331 g/mol. The fourth-order valence-corrected chi connectivity index (χ4v) is 2.49. The van der Waals surface area contributed by atoms with Crippen LogP contribution in [0.5, 0.6) is 5.75 Å². The molecule has 1 aromatic heterocycles. The number of methoxy groups -OCH3 is 1. The lowest BCUT2D eigenvalue weighted by Gasteiger charge is -2.10. The quantitative estimate of drug-likeness (QED) is 0.711. The van der Waals surface area contributed by atoms with E-state index in [1.165, 1.54) is 7.11 Å². The number of carbonyl (C=O) groups excluding carboxylic acids is 1. The van der Waals surface area contributed by atoms with Crippen molar-refractivity contribution in [2.45, 2.75) is 52.6 Å². The van der Waals surface area contributed by atoms with Crippen molar-refractivity contribution >= 4 is 5.97 Å². The Morgan fingerprint density at radius 2 is 1.79 bits per heavy atom. The monoisotopic (exact) mass is 331 g/mol. The summed E-state index contributed by atoms with van der Waals surface area (Å²) >= 11 is 0. The highest BCUT2D eigenvalue weighted by atomic mass is 16.5. The summed E-state index contributed by atoms with van der Waals surface area (Å²) in [5, 5.41) is 4.20. The highest BCUT2D eigenvalue weighted by Crippen LogP contribution is 2.28. The lowest BCUT2D eigenvalue weighted by molar-refractivity contribution is -0.139. The van der Waals surface area contributed by atoms with Crippen LogP contribution in [-0.4, -0.2) is 18.2 Å². The predicted molar refractivity (Wildman–Crippen MR) is 91.2 cm³/mol. The smallest absolute Gasteiger partial charge is 0.309 e. The highest BCUT2D eigenvalue weighted by molar-refractivity contribution is 5.72. The van der Waals surface area contributed by atoms with Gasteiger partial charge in [-0.1, -0.05) is 45.0 Å². The van der Waals surface area contributed by atoms with Gasteiger partial charge in [0.25, 0.3) is 0 Å². The molecular formula is C19H25NO4. The Bertz CT molecular complexity index is 646. The molecule has 0 aliphatic rings. The molecule has 130 valence electrons. The molecule has 0 fully saturated rings. The molecule has 0 saturated carbocycles. The molecule has 2 aromatic rings. The van der Waals surface area contributed by atoms with Gasteiger partial charge in [-0.25, -0.2) is 0 Å². The summed E-state index contributed by atoms with van der Waals surface area (Å²) < 4.78 is 16.1. The lowest BCUT2D eigenvalue weighted by Crippen LogP contribution is -2.05. The molecule has 0 aliphatic carbocycles. The minimum atomic E-state index is -0.253. The van der Waals surface area contributed by atoms with Crippen molar-refractivity contribution in [3.8, 4) is 5.75 Å². The second-order valence-electron chi connectivity index (χ2n) is 6.41. The van der Waals surface area contributed by atoms with E-state index in [4.69, 9.17) is 9.26 Å². The molecule has 0 radical (unpaired) electrons. The Morgan fingerprint density at radius 3 is 2.33 bits per heavy atom. The maximum atomic E-state index is 11.3. The molecule has 0 bridgehead atoms. The van der Waals surface area contributed by atoms with Crippen LogP contribution in [0.15, 0.2) is 28.8 Å². The van der Waals surface area contributed by atoms with E-state index in [1.54, 1.807) is 0 Å². The molecule has 0 saturated heterocycles. The Balaban J connectivity index is 2.08. The second kappa shape index (κ2) is 7.99. The number of nitrogens with zero attached hydrogens (tertiary/aromatic N) is 1. The maximum Gasteiger partial charge on any atom is 0.309 e. The van der Waals surface area contributed by atoms with E-state index in [-0.39, 0.29) is 24.2 Å². The Labute approximate surface area is 142 Å².